The molecule has 0 radical (unpaired) electrons. The molecule has 0 spiro atoms. The number of fused-ring (bicyclic) bond motifs is 2. The summed E-state index contributed by atoms with van der Waals surface area (Å²) in [5.74, 6) is 1.23. The van der Waals surface area contributed by atoms with Crippen LogP contribution in [-0.4, -0.2) is 16.9 Å². The summed E-state index contributed by atoms with van der Waals surface area (Å²) in [6.07, 6.45) is 1.06. The van der Waals surface area contributed by atoms with Crippen molar-refractivity contribution in [1.82, 2.24) is 4.57 Å². The molecule has 0 bridgehead atoms. The summed E-state index contributed by atoms with van der Waals surface area (Å²) in [5, 5.41) is 4.62. The fraction of sp³-hybridized carbons (Fsp3) is 0.211. The highest BCUT2D eigenvalue weighted by atomic mass is 16.1. The summed E-state index contributed by atoms with van der Waals surface area (Å²) in [5.41, 5.74) is 4.92. The van der Waals surface area contributed by atoms with Gasteiger partial charge in [-0.3, -0.25) is 4.79 Å². The Labute approximate surface area is 129 Å². The van der Waals surface area contributed by atoms with E-state index in [0.29, 0.717) is 0 Å². The largest absolute Gasteiger partial charge is 0.371 e. The van der Waals surface area contributed by atoms with E-state index in [1.54, 1.807) is 0 Å². The molecule has 1 aliphatic rings. The topological polar surface area (TPSA) is 34.0 Å². The van der Waals surface area contributed by atoms with Crippen LogP contribution in [0.5, 0.6) is 0 Å². The summed E-state index contributed by atoms with van der Waals surface area (Å²) in [4.78, 5) is 12.8. The van der Waals surface area contributed by atoms with Gasteiger partial charge < -0.3 is 9.88 Å². The first-order valence-corrected chi connectivity index (χ1v) is 7.73. The number of nitrogens with zero attached hydrogens (tertiary/aromatic N) is 1. The number of carbonyl (C=O) groups is 1. The molecule has 2 aromatic carbocycles. The number of rotatable bonds is 3. The van der Waals surface area contributed by atoms with Crippen LogP contribution in [0.4, 0.5) is 5.82 Å². The first kappa shape index (κ1) is 13.1. The van der Waals surface area contributed by atoms with Gasteiger partial charge in [-0.1, -0.05) is 43.3 Å². The van der Waals surface area contributed by atoms with Crippen LogP contribution in [0.25, 0.3) is 22.0 Å². The third kappa shape index (κ3) is 1.59. The van der Waals surface area contributed by atoms with E-state index in [0.717, 1.165) is 51.9 Å². The molecule has 3 aromatic rings. The smallest absolute Gasteiger partial charge is 0.194 e. The Balaban J connectivity index is 2.14. The van der Waals surface area contributed by atoms with Gasteiger partial charge in [0, 0.05) is 35.7 Å². The van der Waals surface area contributed by atoms with Crippen LogP contribution in [0, 0.1) is 0 Å². The van der Waals surface area contributed by atoms with Gasteiger partial charge in [0.2, 0.25) is 0 Å². The molecule has 0 amide bonds. The van der Waals surface area contributed by atoms with E-state index in [2.05, 4.69) is 36.0 Å². The molecule has 0 unspecified atom stereocenters. The molecule has 3 heteroatoms. The second-order valence-corrected chi connectivity index (χ2v) is 5.78. The van der Waals surface area contributed by atoms with Gasteiger partial charge in [-0.05, 0) is 18.1 Å². The first-order chi connectivity index (χ1) is 10.7. The Morgan fingerprint density at radius 2 is 1.73 bits per heavy atom. The van der Waals surface area contributed by atoms with Crippen molar-refractivity contribution in [3.05, 3.63) is 53.6 Å². The van der Waals surface area contributed by atoms with Crippen LogP contribution >= 0.6 is 0 Å². The second-order valence-electron chi connectivity index (χ2n) is 5.78. The number of hydrogen-bond donors (Lipinski definition) is 1. The molecule has 1 aliphatic carbocycles. The Hall–Kier alpha value is -2.55. The van der Waals surface area contributed by atoms with Crippen molar-refractivity contribution in [2.75, 3.05) is 11.9 Å². The van der Waals surface area contributed by atoms with Gasteiger partial charge in [0.15, 0.2) is 5.78 Å². The van der Waals surface area contributed by atoms with Crippen molar-refractivity contribution >= 4 is 22.5 Å². The predicted octanol–water partition coefficient (Wildman–Crippen LogP) is 4.21. The van der Waals surface area contributed by atoms with Crippen molar-refractivity contribution in [2.45, 2.75) is 13.3 Å². The van der Waals surface area contributed by atoms with E-state index in [4.69, 9.17) is 0 Å². The fourth-order valence-corrected chi connectivity index (χ4v) is 3.43. The minimum Gasteiger partial charge on any atom is -0.371 e. The van der Waals surface area contributed by atoms with Gasteiger partial charge in [0.1, 0.15) is 5.82 Å². The Morgan fingerprint density at radius 1 is 1.00 bits per heavy atom. The Bertz CT molecular complexity index is 905. The summed E-state index contributed by atoms with van der Waals surface area (Å²) >= 11 is 0. The molecule has 0 aliphatic heterocycles. The van der Waals surface area contributed by atoms with E-state index in [9.17, 15) is 4.79 Å². The van der Waals surface area contributed by atoms with Crippen LogP contribution < -0.4 is 5.32 Å². The van der Waals surface area contributed by atoms with Crippen LogP contribution in [0.3, 0.4) is 0 Å². The molecule has 0 atom stereocenters. The van der Waals surface area contributed by atoms with Crippen molar-refractivity contribution in [1.29, 1.82) is 0 Å². The second kappa shape index (κ2) is 4.73. The summed E-state index contributed by atoms with van der Waals surface area (Å²) in [6.45, 7) is 3.08. The molecule has 0 saturated carbocycles. The summed E-state index contributed by atoms with van der Waals surface area (Å²) in [6, 6.07) is 13.9. The van der Waals surface area contributed by atoms with Crippen molar-refractivity contribution < 1.29 is 4.79 Å². The van der Waals surface area contributed by atoms with Gasteiger partial charge >= 0.3 is 0 Å². The molecule has 4 rings (SSSR count). The number of hydrogen-bond acceptors (Lipinski definition) is 2. The highest BCUT2D eigenvalue weighted by molar-refractivity contribution is 6.27. The predicted molar refractivity (Wildman–Crippen MR) is 90.6 cm³/mol. The maximum atomic E-state index is 12.8. The molecule has 22 heavy (non-hydrogen) atoms. The van der Waals surface area contributed by atoms with E-state index < -0.39 is 0 Å². The summed E-state index contributed by atoms with van der Waals surface area (Å²) < 4.78 is 2.17. The zero-order chi connectivity index (χ0) is 15.3. The third-order valence-electron chi connectivity index (χ3n) is 4.45. The molecule has 1 aromatic heterocycles. The Morgan fingerprint density at radius 3 is 2.50 bits per heavy atom. The molecule has 110 valence electrons. The molecule has 1 heterocycles. The average molecular weight is 290 g/mol. The van der Waals surface area contributed by atoms with Crippen LogP contribution in [0.2, 0.25) is 0 Å². The molecule has 0 fully saturated rings. The van der Waals surface area contributed by atoms with Gasteiger partial charge in [-0.2, -0.15) is 0 Å². The molecular formula is C19H18N2O. The molecular weight excluding hydrogens is 272 g/mol. The van der Waals surface area contributed by atoms with E-state index >= 15 is 0 Å². The van der Waals surface area contributed by atoms with Crippen molar-refractivity contribution in [3.8, 4) is 11.1 Å². The lowest BCUT2D eigenvalue weighted by atomic mass is 9.85. The van der Waals surface area contributed by atoms with Gasteiger partial charge in [0.05, 0.1) is 5.52 Å². The zero-order valence-electron chi connectivity index (χ0n) is 12.8. The first-order valence-electron chi connectivity index (χ1n) is 7.73. The highest BCUT2D eigenvalue weighted by Gasteiger charge is 2.29. The van der Waals surface area contributed by atoms with E-state index in [1.165, 1.54) is 0 Å². The van der Waals surface area contributed by atoms with Crippen molar-refractivity contribution in [2.24, 2.45) is 7.05 Å². The fourth-order valence-electron chi connectivity index (χ4n) is 3.43. The average Bonchev–Trinajstić information content (AvgIpc) is 2.84. The van der Waals surface area contributed by atoms with Gasteiger partial charge in [-0.25, -0.2) is 0 Å². The lowest BCUT2D eigenvalue weighted by Crippen LogP contribution is -2.10. The van der Waals surface area contributed by atoms with E-state index in [1.807, 2.05) is 30.3 Å². The highest BCUT2D eigenvalue weighted by Crippen LogP contribution is 2.45. The molecule has 0 saturated heterocycles. The molecule has 3 nitrogen and oxygen atoms in total. The van der Waals surface area contributed by atoms with Crippen LogP contribution in [0.1, 0.15) is 29.3 Å². The number of anilines is 1. The zero-order valence-corrected chi connectivity index (χ0v) is 12.8. The number of benzene rings is 2. The quantitative estimate of drug-likeness (QED) is 0.613. The Kier molecular flexibility index (Phi) is 2.83. The number of nitrogens with one attached hydrogen (secondary N) is 1. The van der Waals surface area contributed by atoms with E-state index in [-0.39, 0.29) is 5.78 Å². The SMILES string of the molecule is CCCNc1c2c3c(cccc3n1C)C(=O)c1ccccc1-2. The van der Waals surface area contributed by atoms with Crippen LogP contribution in [0.15, 0.2) is 42.5 Å². The van der Waals surface area contributed by atoms with Crippen molar-refractivity contribution in [3.63, 3.8) is 0 Å². The molecule has 1 N–H and O–H groups in total. The minimum atomic E-state index is 0.126. The number of aryl methyl sites for hydroxylation is 1. The van der Waals surface area contributed by atoms with Crippen LogP contribution in [-0.2, 0) is 7.05 Å². The maximum Gasteiger partial charge on any atom is 0.194 e. The summed E-state index contributed by atoms with van der Waals surface area (Å²) in [7, 11) is 2.06. The van der Waals surface area contributed by atoms with Gasteiger partial charge in [-0.15, -0.1) is 0 Å². The standard InChI is InChI=1S/C19H18N2O/c1-3-11-20-19-17-12-7-4-5-8-13(12)18(22)14-9-6-10-15(16(14)17)21(19)2/h4-10,20H,3,11H2,1-2H3. The maximum absolute atomic E-state index is 12.8. The minimum absolute atomic E-state index is 0.126. The third-order valence-corrected chi connectivity index (χ3v) is 4.45. The lowest BCUT2D eigenvalue weighted by molar-refractivity contribution is 0.104. The monoisotopic (exact) mass is 290 g/mol. The number of ketones is 1. The number of carbonyl (C=O) groups excluding carboxylic acids is 1. The van der Waals surface area contributed by atoms with Gasteiger partial charge in [0.25, 0.3) is 0 Å². The normalized spacial score (nSPS) is 12.5. The lowest BCUT2D eigenvalue weighted by Gasteiger charge is -2.17. The number of aromatic nitrogens is 1.